The number of carbonyl (C=O) groups excluding carboxylic acids is 1. The van der Waals surface area contributed by atoms with Crippen molar-refractivity contribution >= 4 is 17.6 Å². The summed E-state index contributed by atoms with van der Waals surface area (Å²) in [5, 5.41) is 15.7. The first kappa shape index (κ1) is 19.8. The number of nitrogens with one attached hydrogen (secondary N) is 2. The molecule has 152 valence electrons. The van der Waals surface area contributed by atoms with Gasteiger partial charge in [0.25, 0.3) is 5.91 Å². The van der Waals surface area contributed by atoms with E-state index in [1.54, 1.807) is 30.5 Å². The largest absolute Gasteiger partial charge is 0.478 e. The van der Waals surface area contributed by atoms with E-state index in [1.807, 2.05) is 12.1 Å². The Bertz CT molecular complexity index is 1040. The summed E-state index contributed by atoms with van der Waals surface area (Å²) in [4.78, 5) is 28.0. The average Bonchev–Trinajstić information content (AvgIpc) is 2.80. The molecule has 30 heavy (non-hydrogen) atoms. The Morgan fingerprint density at radius 2 is 1.73 bits per heavy atom. The Hall–Kier alpha value is -3.51. The van der Waals surface area contributed by atoms with Crippen molar-refractivity contribution in [3.63, 3.8) is 0 Å². The maximum absolute atomic E-state index is 12.5. The van der Waals surface area contributed by atoms with Crippen molar-refractivity contribution in [3.8, 4) is 11.1 Å². The number of rotatable bonds is 5. The number of hydrogen-bond acceptors (Lipinski definition) is 4. The lowest BCUT2D eigenvalue weighted by molar-refractivity contribution is 0.0696. The van der Waals surface area contributed by atoms with E-state index in [2.05, 4.69) is 27.8 Å². The summed E-state index contributed by atoms with van der Waals surface area (Å²) in [6, 6.07) is 16.5. The number of carboxylic acid groups (broad SMARTS) is 1. The summed E-state index contributed by atoms with van der Waals surface area (Å²) < 4.78 is 0. The molecule has 4 rings (SSSR count). The highest BCUT2D eigenvalue weighted by Crippen LogP contribution is 2.30. The van der Waals surface area contributed by atoms with Gasteiger partial charge in [0.2, 0.25) is 0 Å². The maximum atomic E-state index is 12.5. The zero-order valence-corrected chi connectivity index (χ0v) is 16.5. The second-order valence-electron chi connectivity index (χ2n) is 7.45. The Balaban J connectivity index is 1.61. The van der Waals surface area contributed by atoms with Crippen molar-refractivity contribution in [3.05, 3.63) is 83.7 Å². The van der Waals surface area contributed by atoms with Crippen molar-refractivity contribution < 1.29 is 14.7 Å². The molecule has 3 aromatic rings. The van der Waals surface area contributed by atoms with Crippen molar-refractivity contribution in [2.75, 3.05) is 18.4 Å². The van der Waals surface area contributed by atoms with Gasteiger partial charge in [-0.1, -0.05) is 24.3 Å². The van der Waals surface area contributed by atoms with E-state index in [0.29, 0.717) is 17.2 Å². The fraction of sp³-hybridized carbons (Fsp3) is 0.208. The Labute approximate surface area is 175 Å². The monoisotopic (exact) mass is 401 g/mol. The van der Waals surface area contributed by atoms with Crippen molar-refractivity contribution in [2.45, 2.75) is 18.8 Å². The first-order valence-electron chi connectivity index (χ1n) is 10.0. The van der Waals surface area contributed by atoms with Gasteiger partial charge < -0.3 is 15.7 Å². The van der Waals surface area contributed by atoms with Gasteiger partial charge in [-0.2, -0.15) is 0 Å². The minimum absolute atomic E-state index is 0.122. The first-order valence-corrected chi connectivity index (χ1v) is 10.0. The number of piperidine rings is 1. The number of pyridine rings is 1. The molecule has 1 amide bonds. The highest BCUT2D eigenvalue weighted by Gasteiger charge is 2.16. The minimum Gasteiger partial charge on any atom is -0.478 e. The Kier molecular flexibility index (Phi) is 5.86. The zero-order valence-electron chi connectivity index (χ0n) is 16.5. The number of anilines is 1. The van der Waals surface area contributed by atoms with Crippen LogP contribution in [-0.4, -0.2) is 35.1 Å². The summed E-state index contributed by atoms with van der Waals surface area (Å²) >= 11 is 0. The molecular formula is C24H23N3O3. The fourth-order valence-corrected chi connectivity index (χ4v) is 3.79. The lowest BCUT2D eigenvalue weighted by Gasteiger charge is -2.23. The van der Waals surface area contributed by atoms with Crippen LogP contribution in [0.1, 0.15) is 45.0 Å². The Morgan fingerprint density at radius 3 is 2.40 bits per heavy atom. The van der Waals surface area contributed by atoms with E-state index >= 15 is 0 Å². The van der Waals surface area contributed by atoms with Gasteiger partial charge in [0.05, 0.1) is 11.1 Å². The molecule has 1 saturated heterocycles. The molecule has 0 radical (unpaired) electrons. The Morgan fingerprint density at radius 1 is 0.967 bits per heavy atom. The SMILES string of the molecule is O=C(O)c1cc(NC(=O)c2cccnc2)cc(-c2ccc(C3CCNCC3)cc2)c1. The molecule has 0 bridgehead atoms. The molecule has 0 spiro atoms. The third kappa shape index (κ3) is 4.55. The quantitative estimate of drug-likeness (QED) is 0.597. The van der Waals surface area contributed by atoms with Crippen LogP contribution in [0.2, 0.25) is 0 Å². The highest BCUT2D eigenvalue weighted by atomic mass is 16.4. The van der Waals surface area contributed by atoms with Gasteiger partial charge in [0, 0.05) is 18.1 Å². The molecule has 0 atom stereocenters. The molecule has 1 aliphatic heterocycles. The summed E-state index contributed by atoms with van der Waals surface area (Å²) in [5.74, 6) is -0.821. The lowest BCUT2D eigenvalue weighted by Crippen LogP contribution is -2.26. The van der Waals surface area contributed by atoms with E-state index < -0.39 is 5.97 Å². The van der Waals surface area contributed by atoms with Gasteiger partial charge in [-0.15, -0.1) is 0 Å². The number of nitrogens with zero attached hydrogens (tertiary/aromatic N) is 1. The van der Waals surface area contributed by atoms with E-state index in [9.17, 15) is 14.7 Å². The van der Waals surface area contributed by atoms with Crippen LogP contribution < -0.4 is 10.6 Å². The first-order chi connectivity index (χ1) is 14.6. The minimum atomic E-state index is -1.04. The smallest absolute Gasteiger partial charge is 0.335 e. The number of benzene rings is 2. The molecule has 2 heterocycles. The number of aromatic nitrogens is 1. The number of carbonyl (C=O) groups is 2. The third-order valence-electron chi connectivity index (χ3n) is 5.42. The van der Waals surface area contributed by atoms with E-state index in [4.69, 9.17) is 0 Å². The van der Waals surface area contributed by atoms with Gasteiger partial charge in [-0.3, -0.25) is 9.78 Å². The normalized spacial score (nSPS) is 14.3. The molecule has 6 nitrogen and oxygen atoms in total. The second-order valence-corrected chi connectivity index (χ2v) is 7.45. The van der Waals surface area contributed by atoms with Gasteiger partial charge in [0.1, 0.15) is 0 Å². The standard InChI is InChI=1S/C24H23N3O3/c28-23(19-2-1-9-26-15-19)27-22-13-20(12-21(14-22)24(29)30)17-5-3-16(4-6-17)18-7-10-25-11-8-18/h1-6,9,12-15,18,25H,7-8,10-11H2,(H,27,28)(H,29,30). The number of aromatic carboxylic acids is 1. The molecule has 0 aliphatic carbocycles. The predicted molar refractivity (Wildman–Crippen MR) is 116 cm³/mol. The number of amides is 1. The van der Waals surface area contributed by atoms with E-state index in [1.165, 1.54) is 17.8 Å². The van der Waals surface area contributed by atoms with Crippen LogP contribution in [-0.2, 0) is 0 Å². The van der Waals surface area contributed by atoms with Crippen LogP contribution in [0.5, 0.6) is 0 Å². The molecule has 6 heteroatoms. The zero-order chi connectivity index (χ0) is 20.9. The van der Waals surface area contributed by atoms with Gasteiger partial charge in [-0.25, -0.2) is 4.79 Å². The van der Waals surface area contributed by atoms with Crippen molar-refractivity contribution in [1.82, 2.24) is 10.3 Å². The van der Waals surface area contributed by atoms with Crippen molar-refractivity contribution in [2.24, 2.45) is 0 Å². The number of carboxylic acids is 1. The summed E-state index contributed by atoms with van der Waals surface area (Å²) in [5.41, 5.74) is 3.92. The van der Waals surface area contributed by atoms with Crippen molar-refractivity contribution in [1.29, 1.82) is 0 Å². The van der Waals surface area contributed by atoms with Crippen LogP contribution in [0.4, 0.5) is 5.69 Å². The molecule has 2 aromatic carbocycles. The lowest BCUT2D eigenvalue weighted by atomic mass is 9.89. The van der Waals surface area contributed by atoms with Crippen LogP contribution in [0, 0.1) is 0 Å². The molecule has 1 aromatic heterocycles. The fourth-order valence-electron chi connectivity index (χ4n) is 3.79. The maximum Gasteiger partial charge on any atom is 0.335 e. The second kappa shape index (κ2) is 8.88. The van der Waals surface area contributed by atoms with Crippen LogP contribution in [0.25, 0.3) is 11.1 Å². The van der Waals surface area contributed by atoms with Gasteiger partial charge in [0.15, 0.2) is 0 Å². The van der Waals surface area contributed by atoms with Crippen LogP contribution in [0.15, 0.2) is 67.0 Å². The van der Waals surface area contributed by atoms with Gasteiger partial charge >= 0.3 is 5.97 Å². The number of hydrogen-bond donors (Lipinski definition) is 3. The van der Waals surface area contributed by atoms with Crippen LogP contribution >= 0.6 is 0 Å². The summed E-state index contributed by atoms with van der Waals surface area (Å²) in [7, 11) is 0. The highest BCUT2D eigenvalue weighted by molar-refractivity contribution is 6.05. The third-order valence-corrected chi connectivity index (χ3v) is 5.42. The van der Waals surface area contributed by atoms with E-state index in [-0.39, 0.29) is 11.5 Å². The summed E-state index contributed by atoms with van der Waals surface area (Å²) in [6.45, 7) is 2.07. The predicted octanol–water partition coefficient (Wildman–Crippen LogP) is 4.17. The molecule has 0 saturated carbocycles. The van der Waals surface area contributed by atoms with E-state index in [0.717, 1.165) is 37.1 Å². The molecule has 0 unspecified atom stereocenters. The topological polar surface area (TPSA) is 91.3 Å². The average molecular weight is 401 g/mol. The van der Waals surface area contributed by atoms with Crippen LogP contribution in [0.3, 0.4) is 0 Å². The molecule has 1 aliphatic rings. The summed E-state index contributed by atoms with van der Waals surface area (Å²) in [6.07, 6.45) is 5.31. The molecular weight excluding hydrogens is 378 g/mol. The molecule has 3 N–H and O–H groups in total. The molecule has 1 fully saturated rings. The van der Waals surface area contributed by atoms with Gasteiger partial charge in [-0.05, 0) is 78.9 Å².